The largest absolute Gasteiger partial charge is 0.365 e. The van der Waals surface area contributed by atoms with Crippen LogP contribution in [0.5, 0.6) is 0 Å². The summed E-state index contributed by atoms with van der Waals surface area (Å²) in [5.41, 5.74) is 0.873. The number of nitrogens with one attached hydrogen (secondary N) is 2. The molecule has 2 aromatic heterocycles. The lowest BCUT2D eigenvalue weighted by atomic mass is 9.98. The Balaban J connectivity index is 2.07. The van der Waals surface area contributed by atoms with Crippen molar-refractivity contribution in [2.75, 3.05) is 10.6 Å². The SMILES string of the molecule is CC(C)(C)Nc1cccc(CC(C)(C)Nc2cccnn2)n1. The van der Waals surface area contributed by atoms with E-state index in [9.17, 15) is 0 Å². The van der Waals surface area contributed by atoms with Crippen LogP contribution in [-0.4, -0.2) is 26.3 Å². The average Bonchev–Trinajstić information content (AvgIpc) is 2.36. The van der Waals surface area contributed by atoms with Crippen molar-refractivity contribution in [2.24, 2.45) is 0 Å². The molecule has 0 saturated heterocycles. The van der Waals surface area contributed by atoms with Crippen molar-refractivity contribution in [1.29, 1.82) is 0 Å². The van der Waals surface area contributed by atoms with Crippen molar-refractivity contribution in [3.05, 3.63) is 42.2 Å². The third-order valence-electron chi connectivity index (χ3n) is 2.97. The van der Waals surface area contributed by atoms with Gasteiger partial charge in [-0.05, 0) is 58.9 Å². The van der Waals surface area contributed by atoms with Crippen LogP contribution in [-0.2, 0) is 6.42 Å². The third-order valence-corrected chi connectivity index (χ3v) is 2.97. The van der Waals surface area contributed by atoms with Crippen molar-refractivity contribution in [1.82, 2.24) is 15.2 Å². The molecule has 0 atom stereocenters. The number of anilines is 2. The minimum absolute atomic E-state index is 0.000973. The molecule has 5 nitrogen and oxygen atoms in total. The predicted molar refractivity (Wildman–Crippen MR) is 91.1 cm³/mol. The molecule has 0 fully saturated rings. The van der Waals surface area contributed by atoms with Crippen LogP contribution in [0.25, 0.3) is 0 Å². The first-order valence-electron chi connectivity index (χ1n) is 7.54. The zero-order valence-corrected chi connectivity index (χ0v) is 14.0. The second-order valence-electron chi connectivity index (χ2n) is 7.18. The lowest BCUT2D eigenvalue weighted by Crippen LogP contribution is -2.34. The van der Waals surface area contributed by atoms with Gasteiger partial charge in [0.25, 0.3) is 0 Å². The Morgan fingerprint density at radius 1 is 0.909 bits per heavy atom. The zero-order chi connectivity index (χ0) is 16.2. The van der Waals surface area contributed by atoms with Gasteiger partial charge in [0, 0.05) is 29.4 Å². The maximum atomic E-state index is 4.70. The highest BCUT2D eigenvalue weighted by molar-refractivity contribution is 5.39. The second-order valence-corrected chi connectivity index (χ2v) is 7.18. The standard InChI is InChI=1S/C17H25N5/c1-16(2,3)20-14-9-6-8-13(19-14)12-17(4,5)21-15-10-7-11-18-22-15/h6-11H,12H2,1-5H3,(H,19,20)(H,21,22). The Morgan fingerprint density at radius 2 is 1.64 bits per heavy atom. The van der Waals surface area contributed by atoms with E-state index in [0.717, 1.165) is 23.8 Å². The van der Waals surface area contributed by atoms with Crippen LogP contribution in [0, 0.1) is 0 Å². The molecule has 0 unspecified atom stereocenters. The first-order valence-corrected chi connectivity index (χ1v) is 7.54. The zero-order valence-electron chi connectivity index (χ0n) is 14.0. The summed E-state index contributed by atoms with van der Waals surface area (Å²) in [5, 5.41) is 14.8. The van der Waals surface area contributed by atoms with Crippen molar-refractivity contribution in [2.45, 2.75) is 52.1 Å². The second kappa shape index (κ2) is 6.30. The van der Waals surface area contributed by atoms with Gasteiger partial charge in [-0.25, -0.2) is 4.98 Å². The predicted octanol–water partition coefficient (Wildman–Crippen LogP) is 3.52. The van der Waals surface area contributed by atoms with Crippen molar-refractivity contribution in [3.63, 3.8) is 0 Å². The third kappa shape index (κ3) is 5.31. The summed E-state index contributed by atoms with van der Waals surface area (Å²) in [6, 6.07) is 9.87. The molecule has 2 rings (SSSR count). The van der Waals surface area contributed by atoms with Gasteiger partial charge < -0.3 is 10.6 Å². The molecule has 0 saturated carbocycles. The Labute approximate surface area is 132 Å². The maximum absolute atomic E-state index is 4.70. The van der Waals surface area contributed by atoms with E-state index in [0.29, 0.717) is 0 Å². The molecule has 2 heterocycles. The van der Waals surface area contributed by atoms with Gasteiger partial charge in [-0.1, -0.05) is 6.07 Å². The normalized spacial score (nSPS) is 12.0. The Hall–Kier alpha value is -2.17. The van der Waals surface area contributed by atoms with Gasteiger partial charge in [-0.3, -0.25) is 0 Å². The van der Waals surface area contributed by atoms with Gasteiger partial charge in [-0.2, -0.15) is 5.10 Å². The number of hydrogen-bond donors (Lipinski definition) is 2. The molecule has 118 valence electrons. The van der Waals surface area contributed by atoms with Gasteiger partial charge in [0.05, 0.1) is 0 Å². The van der Waals surface area contributed by atoms with Crippen LogP contribution in [0.4, 0.5) is 11.6 Å². The van der Waals surface area contributed by atoms with Gasteiger partial charge in [0.2, 0.25) is 0 Å². The molecular weight excluding hydrogens is 274 g/mol. The van der Waals surface area contributed by atoms with Crippen LogP contribution in [0.15, 0.2) is 36.5 Å². The molecule has 0 spiro atoms. The number of rotatable bonds is 5. The summed E-state index contributed by atoms with van der Waals surface area (Å²) in [4.78, 5) is 4.70. The lowest BCUT2D eigenvalue weighted by Gasteiger charge is -2.27. The Morgan fingerprint density at radius 3 is 2.27 bits per heavy atom. The van der Waals surface area contributed by atoms with Gasteiger partial charge in [0.15, 0.2) is 0 Å². The molecule has 0 aliphatic carbocycles. The number of hydrogen-bond acceptors (Lipinski definition) is 5. The van der Waals surface area contributed by atoms with Crippen LogP contribution in [0.2, 0.25) is 0 Å². The molecule has 0 aliphatic rings. The minimum atomic E-state index is -0.163. The van der Waals surface area contributed by atoms with Crippen LogP contribution >= 0.6 is 0 Å². The first kappa shape index (κ1) is 16.2. The average molecular weight is 299 g/mol. The van der Waals surface area contributed by atoms with E-state index in [2.05, 4.69) is 55.4 Å². The van der Waals surface area contributed by atoms with Gasteiger partial charge >= 0.3 is 0 Å². The molecule has 0 radical (unpaired) electrons. The van der Waals surface area contributed by atoms with E-state index in [1.807, 2.05) is 30.3 Å². The minimum Gasteiger partial charge on any atom is -0.365 e. The van der Waals surface area contributed by atoms with Gasteiger partial charge in [-0.15, -0.1) is 5.10 Å². The summed E-state index contributed by atoms with van der Waals surface area (Å²) < 4.78 is 0. The summed E-state index contributed by atoms with van der Waals surface area (Å²) in [5.74, 6) is 1.68. The number of nitrogens with zero attached hydrogens (tertiary/aromatic N) is 3. The smallest absolute Gasteiger partial charge is 0.149 e. The summed E-state index contributed by atoms with van der Waals surface area (Å²) >= 11 is 0. The van der Waals surface area contributed by atoms with E-state index in [1.54, 1.807) is 6.20 Å². The van der Waals surface area contributed by atoms with Crippen molar-refractivity contribution in [3.8, 4) is 0 Å². The molecule has 0 amide bonds. The van der Waals surface area contributed by atoms with Crippen LogP contribution in [0.1, 0.15) is 40.3 Å². The number of pyridine rings is 1. The highest BCUT2D eigenvalue weighted by Gasteiger charge is 2.20. The van der Waals surface area contributed by atoms with Gasteiger partial charge in [0.1, 0.15) is 11.6 Å². The lowest BCUT2D eigenvalue weighted by molar-refractivity contribution is 0.552. The van der Waals surface area contributed by atoms with Crippen LogP contribution < -0.4 is 10.6 Å². The Kier molecular flexibility index (Phi) is 4.64. The van der Waals surface area contributed by atoms with Crippen molar-refractivity contribution < 1.29 is 0 Å². The summed E-state index contributed by atoms with van der Waals surface area (Å²) in [7, 11) is 0. The van der Waals surface area contributed by atoms with E-state index in [-0.39, 0.29) is 11.1 Å². The van der Waals surface area contributed by atoms with E-state index in [1.165, 1.54) is 0 Å². The van der Waals surface area contributed by atoms with E-state index >= 15 is 0 Å². The molecular formula is C17H25N5. The van der Waals surface area contributed by atoms with Crippen molar-refractivity contribution >= 4 is 11.6 Å². The first-order chi connectivity index (χ1) is 10.2. The van der Waals surface area contributed by atoms with E-state index < -0.39 is 0 Å². The number of aromatic nitrogens is 3. The molecule has 2 N–H and O–H groups in total. The van der Waals surface area contributed by atoms with Crippen LogP contribution in [0.3, 0.4) is 0 Å². The fraction of sp³-hybridized carbons (Fsp3) is 0.471. The molecule has 0 aromatic carbocycles. The highest BCUT2D eigenvalue weighted by atomic mass is 15.2. The summed E-state index contributed by atoms with van der Waals surface area (Å²) in [6.45, 7) is 10.6. The molecule has 0 bridgehead atoms. The monoisotopic (exact) mass is 299 g/mol. The molecule has 22 heavy (non-hydrogen) atoms. The fourth-order valence-electron chi connectivity index (χ4n) is 2.24. The molecule has 2 aromatic rings. The molecule has 0 aliphatic heterocycles. The quantitative estimate of drug-likeness (QED) is 0.884. The fourth-order valence-corrected chi connectivity index (χ4v) is 2.24. The topological polar surface area (TPSA) is 62.7 Å². The Bertz CT molecular complexity index is 602. The highest BCUT2D eigenvalue weighted by Crippen LogP contribution is 2.19. The summed E-state index contributed by atoms with van der Waals surface area (Å²) in [6.07, 6.45) is 2.46. The molecule has 5 heteroatoms. The van der Waals surface area contributed by atoms with E-state index in [4.69, 9.17) is 4.98 Å². The maximum Gasteiger partial charge on any atom is 0.149 e.